The number of nitrogens with one attached hydrogen (secondary N) is 1. The van der Waals surface area contributed by atoms with Gasteiger partial charge in [-0.1, -0.05) is 19.1 Å². The van der Waals surface area contributed by atoms with Gasteiger partial charge >= 0.3 is 0 Å². The Bertz CT molecular complexity index is 1030. The standard InChI is InChI=1S/C24H27N3O3S/c1-4-16-7-9-18(10-8-16)25-24-26-23(28)22(31-24)14-17-13-21(30-3)19(15-20(17)29-2)27-11-5-6-12-27/h7-10,13-15H,4-6,11-12H2,1-3H3,(H,25,26,28)/b22-14-. The van der Waals surface area contributed by atoms with Crippen LogP contribution in [0.15, 0.2) is 46.3 Å². The summed E-state index contributed by atoms with van der Waals surface area (Å²) in [4.78, 5) is 20.0. The average molecular weight is 438 g/mol. The normalized spacial score (nSPS) is 18.7. The van der Waals surface area contributed by atoms with E-state index in [1.807, 2.05) is 30.3 Å². The Hall–Kier alpha value is -2.93. The highest BCUT2D eigenvalue weighted by Gasteiger charge is 2.25. The first-order valence-electron chi connectivity index (χ1n) is 10.5. The summed E-state index contributed by atoms with van der Waals surface area (Å²) in [6.07, 6.45) is 5.17. The molecule has 0 atom stereocenters. The molecule has 0 saturated carbocycles. The molecule has 0 aliphatic carbocycles. The largest absolute Gasteiger partial charge is 0.496 e. The van der Waals surface area contributed by atoms with Crippen LogP contribution in [0, 0.1) is 0 Å². The molecule has 2 heterocycles. The Labute approximate surface area is 187 Å². The Morgan fingerprint density at radius 1 is 1.10 bits per heavy atom. The molecular weight excluding hydrogens is 410 g/mol. The van der Waals surface area contributed by atoms with Gasteiger partial charge in [0.15, 0.2) is 5.17 Å². The van der Waals surface area contributed by atoms with Crippen LogP contribution in [0.1, 0.15) is 30.9 Å². The van der Waals surface area contributed by atoms with E-state index >= 15 is 0 Å². The van der Waals surface area contributed by atoms with Crippen LogP contribution in [-0.4, -0.2) is 38.4 Å². The van der Waals surface area contributed by atoms with Gasteiger partial charge < -0.3 is 19.7 Å². The summed E-state index contributed by atoms with van der Waals surface area (Å²) in [6.45, 7) is 4.14. The second-order valence-electron chi connectivity index (χ2n) is 7.46. The Kier molecular flexibility index (Phi) is 6.51. The van der Waals surface area contributed by atoms with E-state index in [9.17, 15) is 4.79 Å². The summed E-state index contributed by atoms with van der Waals surface area (Å²) in [7, 11) is 3.32. The van der Waals surface area contributed by atoms with Crippen LogP contribution in [0.4, 0.5) is 11.4 Å². The minimum atomic E-state index is -0.168. The molecule has 1 amide bonds. The molecule has 31 heavy (non-hydrogen) atoms. The van der Waals surface area contributed by atoms with Gasteiger partial charge in [0, 0.05) is 24.7 Å². The predicted molar refractivity (Wildman–Crippen MR) is 128 cm³/mol. The first-order valence-corrected chi connectivity index (χ1v) is 11.3. The molecule has 2 aromatic rings. The molecule has 2 saturated heterocycles. The van der Waals surface area contributed by atoms with E-state index in [2.05, 4.69) is 34.3 Å². The number of amides is 1. The second-order valence-corrected chi connectivity index (χ2v) is 8.49. The van der Waals surface area contributed by atoms with Crippen LogP contribution in [-0.2, 0) is 11.2 Å². The van der Waals surface area contributed by atoms with E-state index in [0.29, 0.717) is 15.8 Å². The van der Waals surface area contributed by atoms with Crippen LogP contribution in [0.3, 0.4) is 0 Å². The predicted octanol–water partition coefficient (Wildman–Crippen LogP) is 4.76. The number of thioether (sulfide) groups is 1. The number of hydrogen-bond donors (Lipinski definition) is 1. The lowest BCUT2D eigenvalue weighted by molar-refractivity contribution is -0.115. The van der Waals surface area contributed by atoms with Crippen LogP contribution in [0.25, 0.3) is 6.08 Å². The van der Waals surface area contributed by atoms with Crippen LogP contribution in [0.2, 0.25) is 0 Å². The van der Waals surface area contributed by atoms with Crippen molar-refractivity contribution in [3.63, 3.8) is 0 Å². The van der Waals surface area contributed by atoms with Gasteiger partial charge in [-0.05, 0) is 60.9 Å². The van der Waals surface area contributed by atoms with Gasteiger partial charge in [-0.3, -0.25) is 4.79 Å². The van der Waals surface area contributed by atoms with Crippen molar-refractivity contribution in [3.8, 4) is 11.5 Å². The van der Waals surface area contributed by atoms with Crippen LogP contribution in [0.5, 0.6) is 11.5 Å². The molecule has 0 unspecified atom stereocenters. The lowest BCUT2D eigenvalue weighted by atomic mass is 10.1. The number of anilines is 1. The van der Waals surface area contributed by atoms with E-state index in [1.54, 1.807) is 14.2 Å². The maximum Gasteiger partial charge on any atom is 0.264 e. The zero-order valence-corrected chi connectivity index (χ0v) is 18.9. The van der Waals surface area contributed by atoms with E-state index in [0.717, 1.165) is 42.2 Å². The van der Waals surface area contributed by atoms with Gasteiger partial charge in [-0.25, -0.2) is 4.99 Å². The van der Waals surface area contributed by atoms with Gasteiger partial charge in [0.1, 0.15) is 11.5 Å². The summed E-state index contributed by atoms with van der Waals surface area (Å²) >= 11 is 1.32. The fourth-order valence-corrected chi connectivity index (χ4v) is 4.60. The molecule has 2 fully saturated rings. The monoisotopic (exact) mass is 437 g/mol. The molecule has 0 radical (unpaired) electrons. The minimum Gasteiger partial charge on any atom is -0.496 e. The molecule has 0 spiro atoms. The molecule has 2 aliphatic rings. The van der Waals surface area contributed by atoms with Gasteiger partial charge in [-0.2, -0.15) is 0 Å². The maximum atomic E-state index is 12.5. The number of nitrogens with zero attached hydrogens (tertiary/aromatic N) is 2. The fourth-order valence-electron chi connectivity index (χ4n) is 3.77. The molecular formula is C24H27N3O3S. The van der Waals surface area contributed by atoms with Crippen molar-refractivity contribution in [1.82, 2.24) is 5.32 Å². The number of carbonyl (C=O) groups is 1. The van der Waals surface area contributed by atoms with E-state index in [4.69, 9.17) is 9.47 Å². The highest BCUT2D eigenvalue weighted by molar-refractivity contribution is 8.18. The highest BCUT2D eigenvalue weighted by Crippen LogP contribution is 2.39. The molecule has 2 aromatic carbocycles. The highest BCUT2D eigenvalue weighted by atomic mass is 32.2. The number of aryl methyl sites for hydroxylation is 1. The van der Waals surface area contributed by atoms with Gasteiger partial charge in [0.2, 0.25) is 0 Å². The number of carbonyl (C=O) groups excluding carboxylic acids is 1. The molecule has 0 aromatic heterocycles. The Morgan fingerprint density at radius 2 is 1.81 bits per heavy atom. The molecule has 162 valence electrons. The zero-order chi connectivity index (χ0) is 21.8. The number of amidine groups is 1. The van der Waals surface area contributed by atoms with Gasteiger partial charge in [0.25, 0.3) is 5.91 Å². The Balaban J connectivity index is 1.61. The van der Waals surface area contributed by atoms with Crippen LogP contribution >= 0.6 is 11.8 Å². The third-order valence-corrected chi connectivity index (χ3v) is 6.40. The SMILES string of the molecule is CCc1ccc(N=C2NC(=O)/C(=C/c3cc(OC)c(N4CCCC4)cc3OC)S2)cc1. The first kappa shape index (κ1) is 21.3. The van der Waals surface area contributed by atoms with E-state index in [-0.39, 0.29) is 5.91 Å². The number of benzene rings is 2. The summed E-state index contributed by atoms with van der Waals surface area (Å²) in [6, 6.07) is 12.0. The van der Waals surface area contributed by atoms with E-state index < -0.39 is 0 Å². The van der Waals surface area contributed by atoms with Gasteiger partial charge in [0.05, 0.1) is 30.5 Å². The lowest BCUT2D eigenvalue weighted by Crippen LogP contribution is -2.19. The van der Waals surface area contributed by atoms with Crippen molar-refractivity contribution in [2.75, 3.05) is 32.2 Å². The lowest BCUT2D eigenvalue weighted by Gasteiger charge is -2.22. The van der Waals surface area contributed by atoms with Gasteiger partial charge in [-0.15, -0.1) is 0 Å². The second kappa shape index (κ2) is 9.47. The first-order chi connectivity index (χ1) is 15.1. The Morgan fingerprint density at radius 3 is 2.45 bits per heavy atom. The number of hydrogen-bond acceptors (Lipinski definition) is 6. The quantitative estimate of drug-likeness (QED) is 0.661. The average Bonchev–Trinajstić information content (AvgIpc) is 3.44. The molecule has 1 N–H and O–H groups in total. The summed E-state index contributed by atoms with van der Waals surface area (Å²) < 4.78 is 11.3. The molecule has 0 bridgehead atoms. The summed E-state index contributed by atoms with van der Waals surface area (Å²) in [5.74, 6) is 1.32. The molecule has 7 heteroatoms. The third kappa shape index (κ3) is 4.71. The maximum absolute atomic E-state index is 12.5. The van der Waals surface area contributed by atoms with Crippen molar-refractivity contribution in [1.29, 1.82) is 0 Å². The van der Waals surface area contributed by atoms with Crippen molar-refractivity contribution in [2.45, 2.75) is 26.2 Å². The summed E-state index contributed by atoms with van der Waals surface area (Å²) in [5.41, 5.74) is 3.90. The number of ether oxygens (including phenoxy) is 2. The number of rotatable bonds is 6. The number of methoxy groups -OCH3 is 2. The number of aliphatic imine (C=N–C) groups is 1. The summed E-state index contributed by atoms with van der Waals surface area (Å²) in [5, 5.41) is 3.42. The van der Waals surface area contributed by atoms with Crippen molar-refractivity contribution < 1.29 is 14.3 Å². The van der Waals surface area contributed by atoms with Crippen molar-refractivity contribution in [2.24, 2.45) is 4.99 Å². The third-order valence-electron chi connectivity index (χ3n) is 5.49. The van der Waals surface area contributed by atoms with Crippen molar-refractivity contribution in [3.05, 3.63) is 52.4 Å². The zero-order valence-electron chi connectivity index (χ0n) is 18.1. The molecule has 4 rings (SSSR count). The molecule has 2 aliphatic heterocycles. The van der Waals surface area contributed by atoms with Crippen molar-refractivity contribution >= 4 is 40.3 Å². The fraction of sp³-hybridized carbons (Fsp3) is 0.333. The van der Waals surface area contributed by atoms with E-state index in [1.165, 1.54) is 30.2 Å². The topological polar surface area (TPSA) is 63.2 Å². The minimum absolute atomic E-state index is 0.168. The van der Waals surface area contributed by atoms with Crippen LogP contribution < -0.4 is 19.7 Å². The smallest absolute Gasteiger partial charge is 0.264 e. The molecule has 6 nitrogen and oxygen atoms in total.